The van der Waals surface area contributed by atoms with Gasteiger partial charge in [0.2, 0.25) is 0 Å². The molecule has 0 spiro atoms. The summed E-state index contributed by atoms with van der Waals surface area (Å²) in [7, 11) is 0. The highest BCUT2D eigenvalue weighted by Crippen LogP contribution is 2.21. The molecule has 1 heterocycles. The summed E-state index contributed by atoms with van der Waals surface area (Å²) < 4.78 is 1.72. The van der Waals surface area contributed by atoms with Crippen molar-refractivity contribution in [1.29, 1.82) is 0 Å². The summed E-state index contributed by atoms with van der Waals surface area (Å²) in [6.07, 6.45) is 1.44. The zero-order valence-electron chi connectivity index (χ0n) is 8.39. The minimum absolute atomic E-state index is 0.00870. The van der Waals surface area contributed by atoms with Crippen molar-refractivity contribution in [1.82, 2.24) is 14.8 Å². The third-order valence-corrected chi connectivity index (χ3v) is 2.40. The fourth-order valence-corrected chi connectivity index (χ4v) is 1.73. The van der Waals surface area contributed by atoms with E-state index in [4.69, 9.17) is 5.11 Å². The van der Waals surface area contributed by atoms with Crippen LogP contribution in [0.1, 0.15) is 20.8 Å². The molecule has 0 fully saturated rings. The molecule has 1 N–H and O–H groups in total. The summed E-state index contributed by atoms with van der Waals surface area (Å²) >= 11 is 1.18. The van der Waals surface area contributed by atoms with Crippen LogP contribution in [-0.2, 0) is 10.3 Å². The normalized spacial score (nSPS) is 11.6. The molecule has 0 aromatic carbocycles. The summed E-state index contributed by atoms with van der Waals surface area (Å²) in [5.74, 6) is -0.840. The third kappa shape index (κ3) is 2.73. The van der Waals surface area contributed by atoms with Crippen LogP contribution in [0.3, 0.4) is 0 Å². The van der Waals surface area contributed by atoms with E-state index in [0.717, 1.165) is 0 Å². The van der Waals surface area contributed by atoms with Gasteiger partial charge >= 0.3 is 5.97 Å². The van der Waals surface area contributed by atoms with Crippen LogP contribution in [0.25, 0.3) is 0 Å². The maximum absolute atomic E-state index is 10.4. The maximum Gasteiger partial charge on any atom is 0.313 e. The number of thioether (sulfide) groups is 1. The fourth-order valence-electron chi connectivity index (χ4n) is 0.916. The summed E-state index contributed by atoms with van der Waals surface area (Å²) in [6.45, 7) is 5.98. The fraction of sp³-hybridized carbons (Fsp3) is 0.625. The number of nitrogens with zero attached hydrogens (tertiary/aromatic N) is 3. The Bertz CT molecular complexity index is 330. The monoisotopic (exact) mass is 215 g/mol. The molecule has 0 bridgehead atoms. The van der Waals surface area contributed by atoms with Crippen LogP contribution in [-0.4, -0.2) is 31.6 Å². The van der Waals surface area contributed by atoms with E-state index in [0.29, 0.717) is 5.16 Å². The average molecular weight is 215 g/mol. The number of rotatable bonds is 3. The Labute approximate surface area is 86.5 Å². The van der Waals surface area contributed by atoms with Crippen LogP contribution in [0.4, 0.5) is 0 Å². The Morgan fingerprint density at radius 2 is 2.29 bits per heavy atom. The molecule has 1 aromatic heterocycles. The zero-order valence-corrected chi connectivity index (χ0v) is 9.21. The highest BCUT2D eigenvalue weighted by molar-refractivity contribution is 7.99. The van der Waals surface area contributed by atoms with Gasteiger partial charge in [-0.05, 0) is 20.8 Å². The van der Waals surface area contributed by atoms with Gasteiger partial charge in [0.1, 0.15) is 6.33 Å². The minimum Gasteiger partial charge on any atom is -0.481 e. The van der Waals surface area contributed by atoms with Crippen LogP contribution in [0, 0.1) is 0 Å². The maximum atomic E-state index is 10.4. The lowest BCUT2D eigenvalue weighted by atomic mass is 10.1. The smallest absolute Gasteiger partial charge is 0.313 e. The van der Waals surface area contributed by atoms with Crippen molar-refractivity contribution in [2.24, 2.45) is 0 Å². The number of aromatic nitrogens is 3. The standard InChI is InChI=1S/C8H13N3O2S/c1-8(2,3)11-7(9-5-10-11)14-4-6(12)13/h5H,4H2,1-3H3,(H,12,13). The first kappa shape index (κ1) is 11.0. The van der Waals surface area contributed by atoms with E-state index in [-0.39, 0.29) is 11.3 Å². The molecule has 0 saturated carbocycles. The molecule has 0 unspecified atom stereocenters. The van der Waals surface area contributed by atoms with Crippen LogP contribution >= 0.6 is 11.8 Å². The van der Waals surface area contributed by atoms with Crippen molar-refractivity contribution < 1.29 is 9.90 Å². The Kier molecular flexibility index (Phi) is 3.15. The molecule has 6 heteroatoms. The Balaban J connectivity index is 2.78. The predicted molar refractivity (Wildman–Crippen MR) is 53.4 cm³/mol. The van der Waals surface area contributed by atoms with E-state index in [1.165, 1.54) is 18.1 Å². The summed E-state index contributed by atoms with van der Waals surface area (Å²) in [5, 5.41) is 13.2. The molecule has 0 amide bonds. The number of carboxylic acids is 1. The number of hydrogen-bond donors (Lipinski definition) is 1. The molecule has 0 aliphatic rings. The molecular formula is C8H13N3O2S. The Morgan fingerprint density at radius 1 is 1.64 bits per heavy atom. The van der Waals surface area contributed by atoms with Gasteiger partial charge in [-0.25, -0.2) is 9.67 Å². The number of carbonyl (C=O) groups is 1. The van der Waals surface area contributed by atoms with Crippen molar-refractivity contribution >= 4 is 17.7 Å². The number of aliphatic carboxylic acids is 1. The lowest BCUT2D eigenvalue weighted by Gasteiger charge is -2.20. The lowest BCUT2D eigenvalue weighted by molar-refractivity contribution is -0.133. The van der Waals surface area contributed by atoms with Gasteiger partial charge in [0, 0.05) is 0 Å². The molecular weight excluding hydrogens is 202 g/mol. The molecule has 1 aromatic rings. The predicted octanol–water partition coefficient (Wildman–Crippen LogP) is 1.21. The van der Waals surface area contributed by atoms with Gasteiger partial charge in [0.15, 0.2) is 5.16 Å². The SMILES string of the molecule is CC(C)(C)n1ncnc1SCC(=O)O. The molecule has 0 aliphatic heterocycles. The number of carboxylic acid groups (broad SMARTS) is 1. The Morgan fingerprint density at radius 3 is 2.79 bits per heavy atom. The van der Waals surface area contributed by atoms with Crippen molar-refractivity contribution in [3.8, 4) is 0 Å². The molecule has 5 nitrogen and oxygen atoms in total. The van der Waals surface area contributed by atoms with Gasteiger partial charge in [-0.3, -0.25) is 4.79 Å². The van der Waals surface area contributed by atoms with Crippen molar-refractivity contribution in [3.63, 3.8) is 0 Å². The van der Waals surface area contributed by atoms with E-state index >= 15 is 0 Å². The first-order valence-electron chi connectivity index (χ1n) is 4.16. The molecule has 14 heavy (non-hydrogen) atoms. The van der Waals surface area contributed by atoms with Crippen LogP contribution < -0.4 is 0 Å². The van der Waals surface area contributed by atoms with Crippen molar-refractivity contribution in [3.05, 3.63) is 6.33 Å². The summed E-state index contributed by atoms with van der Waals surface area (Å²) in [6, 6.07) is 0. The van der Waals surface area contributed by atoms with E-state index < -0.39 is 5.97 Å². The average Bonchev–Trinajstić information content (AvgIpc) is 2.46. The first-order valence-corrected chi connectivity index (χ1v) is 5.15. The highest BCUT2D eigenvalue weighted by Gasteiger charge is 2.19. The Hall–Kier alpha value is -1.04. The van der Waals surface area contributed by atoms with Crippen LogP contribution in [0.5, 0.6) is 0 Å². The second-order valence-electron chi connectivity index (χ2n) is 3.81. The van der Waals surface area contributed by atoms with E-state index in [2.05, 4.69) is 10.1 Å². The van der Waals surface area contributed by atoms with Crippen molar-refractivity contribution in [2.75, 3.05) is 5.75 Å². The summed E-state index contributed by atoms with van der Waals surface area (Å²) in [5.41, 5.74) is -0.169. The molecule has 0 radical (unpaired) electrons. The first-order chi connectivity index (χ1) is 6.41. The second kappa shape index (κ2) is 4.00. The molecule has 1 rings (SSSR count). The van der Waals surface area contributed by atoms with Gasteiger partial charge in [-0.2, -0.15) is 5.10 Å². The molecule has 0 saturated heterocycles. The highest BCUT2D eigenvalue weighted by atomic mass is 32.2. The third-order valence-electron chi connectivity index (χ3n) is 1.48. The minimum atomic E-state index is -0.849. The van der Waals surface area contributed by atoms with Crippen LogP contribution in [0.2, 0.25) is 0 Å². The topological polar surface area (TPSA) is 68.0 Å². The van der Waals surface area contributed by atoms with Crippen molar-refractivity contribution in [2.45, 2.75) is 31.5 Å². The van der Waals surface area contributed by atoms with Gasteiger partial charge in [-0.15, -0.1) is 0 Å². The molecule has 0 aliphatic carbocycles. The number of hydrogen-bond acceptors (Lipinski definition) is 4. The summed E-state index contributed by atoms with van der Waals surface area (Å²) in [4.78, 5) is 14.4. The van der Waals surface area contributed by atoms with Crippen LogP contribution in [0.15, 0.2) is 11.5 Å². The van der Waals surface area contributed by atoms with Gasteiger partial charge < -0.3 is 5.11 Å². The van der Waals surface area contributed by atoms with E-state index in [9.17, 15) is 4.79 Å². The largest absolute Gasteiger partial charge is 0.481 e. The lowest BCUT2D eigenvalue weighted by Crippen LogP contribution is -2.24. The zero-order chi connectivity index (χ0) is 10.8. The van der Waals surface area contributed by atoms with Gasteiger partial charge in [-0.1, -0.05) is 11.8 Å². The quantitative estimate of drug-likeness (QED) is 0.767. The van der Waals surface area contributed by atoms with Gasteiger partial charge in [0.05, 0.1) is 11.3 Å². The van der Waals surface area contributed by atoms with E-state index in [1.54, 1.807) is 4.68 Å². The van der Waals surface area contributed by atoms with E-state index in [1.807, 2.05) is 20.8 Å². The molecule has 78 valence electrons. The van der Waals surface area contributed by atoms with Gasteiger partial charge in [0.25, 0.3) is 0 Å². The molecule has 0 atom stereocenters. The second-order valence-corrected chi connectivity index (χ2v) is 4.75.